The Labute approximate surface area is 146 Å². The van der Waals surface area contributed by atoms with E-state index >= 15 is 0 Å². The lowest BCUT2D eigenvalue weighted by atomic mass is 10.0. The topological polar surface area (TPSA) is 90.3 Å². The van der Waals surface area contributed by atoms with Gasteiger partial charge in [0, 0.05) is 20.1 Å². The van der Waals surface area contributed by atoms with Crippen molar-refractivity contribution in [3.8, 4) is 0 Å². The minimum absolute atomic E-state index is 0.0119. The van der Waals surface area contributed by atoms with Crippen molar-refractivity contribution in [3.05, 3.63) is 61.8 Å². The highest BCUT2D eigenvalue weighted by Gasteiger charge is 2.23. The molecule has 0 unspecified atom stereocenters. The van der Waals surface area contributed by atoms with Crippen LogP contribution < -0.4 is 17.0 Å². The Balaban J connectivity index is 2.29. The quantitative estimate of drug-likeness (QED) is 0.812. The lowest BCUT2D eigenvalue weighted by Gasteiger charge is -2.24. The van der Waals surface area contributed by atoms with Gasteiger partial charge in [-0.3, -0.25) is 23.6 Å². The Morgan fingerprint density at radius 3 is 2.28 bits per heavy atom. The van der Waals surface area contributed by atoms with Gasteiger partial charge in [-0.15, -0.1) is 0 Å². The summed E-state index contributed by atoms with van der Waals surface area (Å²) in [6, 6.07) is 8.05. The Morgan fingerprint density at radius 1 is 1.16 bits per heavy atom. The Morgan fingerprint density at radius 2 is 1.72 bits per heavy atom. The molecular weight excluding hydrogens is 320 g/mol. The predicted molar refractivity (Wildman–Crippen MR) is 97.9 cm³/mol. The number of rotatable bonds is 5. The number of aryl methyl sites for hydroxylation is 1. The number of likely N-dealkylation sites (N-methyl/N-ethyl adjacent to an activating group) is 1. The predicted octanol–water partition coefficient (Wildman–Crippen LogP) is 0.850. The van der Waals surface area contributed by atoms with E-state index in [0.717, 1.165) is 20.3 Å². The van der Waals surface area contributed by atoms with Gasteiger partial charge in [-0.05, 0) is 26.5 Å². The molecule has 0 saturated carbocycles. The van der Waals surface area contributed by atoms with Crippen molar-refractivity contribution >= 4 is 11.6 Å². The number of benzene rings is 1. The molecule has 0 aliphatic rings. The number of ketones is 1. The van der Waals surface area contributed by atoms with E-state index in [1.807, 2.05) is 50.1 Å². The van der Waals surface area contributed by atoms with Gasteiger partial charge in [0.1, 0.15) is 11.4 Å². The molecule has 1 heterocycles. The summed E-state index contributed by atoms with van der Waals surface area (Å²) in [6.45, 7) is 4.02. The molecule has 1 atom stereocenters. The second kappa shape index (κ2) is 7.06. The van der Waals surface area contributed by atoms with E-state index in [1.54, 1.807) is 0 Å². The van der Waals surface area contributed by atoms with Crippen molar-refractivity contribution in [3.63, 3.8) is 0 Å². The molecule has 2 rings (SSSR count). The van der Waals surface area contributed by atoms with Gasteiger partial charge >= 0.3 is 5.69 Å². The largest absolute Gasteiger partial charge is 0.384 e. The van der Waals surface area contributed by atoms with E-state index in [0.29, 0.717) is 0 Å². The van der Waals surface area contributed by atoms with Crippen LogP contribution in [0, 0.1) is 6.92 Å². The van der Waals surface area contributed by atoms with E-state index in [9.17, 15) is 14.4 Å². The number of aromatic nitrogens is 2. The summed E-state index contributed by atoms with van der Waals surface area (Å²) in [5.74, 6) is -0.510. The molecule has 0 bridgehead atoms. The van der Waals surface area contributed by atoms with Crippen molar-refractivity contribution in [1.82, 2.24) is 14.0 Å². The molecule has 1 aromatic carbocycles. The first-order chi connectivity index (χ1) is 11.6. The van der Waals surface area contributed by atoms with E-state index < -0.39 is 17.0 Å². The minimum Gasteiger partial charge on any atom is -0.384 e. The maximum absolute atomic E-state index is 12.7. The molecule has 7 nitrogen and oxygen atoms in total. The monoisotopic (exact) mass is 344 g/mol. The number of carbonyl (C=O) groups excluding carboxylic acids is 1. The zero-order valence-corrected chi connectivity index (χ0v) is 15.2. The Bertz CT molecular complexity index is 910. The molecule has 0 saturated heterocycles. The van der Waals surface area contributed by atoms with Gasteiger partial charge in [0.25, 0.3) is 5.56 Å². The van der Waals surface area contributed by atoms with Crippen LogP contribution in [0.15, 0.2) is 33.9 Å². The lowest BCUT2D eigenvalue weighted by Crippen LogP contribution is -2.43. The first kappa shape index (κ1) is 18.7. The summed E-state index contributed by atoms with van der Waals surface area (Å²) in [4.78, 5) is 38.6. The first-order valence-electron chi connectivity index (χ1n) is 8.00. The third-order valence-corrected chi connectivity index (χ3v) is 4.60. The van der Waals surface area contributed by atoms with Gasteiger partial charge in [0.2, 0.25) is 0 Å². The number of nitrogens with zero attached hydrogens (tertiary/aromatic N) is 3. The maximum Gasteiger partial charge on any atom is 0.332 e. The van der Waals surface area contributed by atoms with Crippen LogP contribution in [-0.2, 0) is 14.1 Å². The number of anilines is 1. The molecule has 0 radical (unpaired) electrons. The van der Waals surface area contributed by atoms with Gasteiger partial charge in [0.15, 0.2) is 5.78 Å². The number of nitrogen functional groups attached to an aromatic ring is 1. The second-order valence-corrected chi connectivity index (χ2v) is 6.39. The van der Waals surface area contributed by atoms with Crippen LogP contribution in [0.2, 0.25) is 0 Å². The van der Waals surface area contributed by atoms with Crippen molar-refractivity contribution in [2.24, 2.45) is 14.1 Å². The standard InChI is InChI=1S/C18H24N4O3/c1-11-6-8-13(9-7-11)12(2)20(3)10-14(23)15-16(19)21(4)18(25)22(5)17(15)24/h6-9,12H,10,19H2,1-5H3/t12-/m1/s1. The third-order valence-electron chi connectivity index (χ3n) is 4.60. The molecule has 0 amide bonds. The van der Waals surface area contributed by atoms with Crippen molar-refractivity contribution in [2.75, 3.05) is 19.3 Å². The van der Waals surface area contributed by atoms with E-state index in [2.05, 4.69) is 0 Å². The zero-order valence-electron chi connectivity index (χ0n) is 15.2. The normalized spacial score (nSPS) is 12.4. The number of nitrogens with two attached hydrogens (primary N) is 1. The number of Topliss-reactive ketones (excluding diaryl/α,β-unsaturated/α-hetero) is 1. The molecule has 0 spiro atoms. The molecule has 0 aliphatic carbocycles. The number of hydrogen-bond acceptors (Lipinski definition) is 5. The van der Waals surface area contributed by atoms with Crippen molar-refractivity contribution < 1.29 is 4.79 Å². The molecule has 134 valence electrons. The Kier molecular flexibility index (Phi) is 5.27. The fourth-order valence-electron chi connectivity index (χ4n) is 2.66. The maximum atomic E-state index is 12.7. The fourth-order valence-corrected chi connectivity index (χ4v) is 2.66. The van der Waals surface area contributed by atoms with E-state index in [-0.39, 0.29) is 24.0 Å². The lowest BCUT2D eigenvalue weighted by molar-refractivity contribution is 0.0923. The summed E-state index contributed by atoms with van der Waals surface area (Å²) < 4.78 is 2.00. The minimum atomic E-state index is -0.665. The van der Waals surface area contributed by atoms with Crippen LogP contribution in [0.25, 0.3) is 0 Å². The molecule has 7 heteroatoms. The van der Waals surface area contributed by atoms with Gasteiger partial charge < -0.3 is 5.73 Å². The molecular formula is C18H24N4O3. The van der Waals surface area contributed by atoms with Crippen LogP contribution in [0.1, 0.15) is 34.5 Å². The second-order valence-electron chi connectivity index (χ2n) is 6.39. The molecule has 0 fully saturated rings. The summed E-state index contributed by atoms with van der Waals surface area (Å²) >= 11 is 0. The zero-order chi connectivity index (χ0) is 18.9. The smallest absolute Gasteiger partial charge is 0.332 e. The average molecular weight is 344 g/mol. The van der Waals surface area contributed by atoms with Gasteiger partial charge in [-0.2, -0.15) is 0 Å². The van der Waals surface area contributed by atoms with Crippen molar-refractivity contribution in [2.45, 2.75) is 19.9 Å². The van der Waals surface area contributed by atoms with Crippen LogP contribution in [0.3, 0.4) is 0 Å². The SMILES string of the molecule is Cc1ccc([C@@H](C)N(C)CC(=O)c2c(N)n(C)c(=O)n(C)c2=O)cc1. The summed E-state index contributed by atoms with van der Waals surface area (Å²) in [7, 11) is 4.58. The summed E-state index contributed by atoms with van der Waals surface area (Å²) in [5, 5.41) is 0. The highest BCUT2D eigenvalue weighted by Crippen LogP contribution is 2.19. The Hall–Kier alpha value is -2.67. The highest BCUT2D eigenvalue weighted by molar-refractivity contribution is 6.01. The summed E-state index contributed by atoms with van der Waals surface area (Å²) in [5.41, 5.74) is 6.71. The van der Waals surface area contributed by atoms with Gasteiger partial charge in [-0.25, -0.2) is 4.79 Å². The third kappa shape index (κ3) is 3.56. The van der Waals surface area contributed by atoms with Gasteiger partial charge in [-0.1, -0.05) is 29.8 Å². The van der Waals surface area contributed by atoms with Crippen molar-refractivity contribution in [1.29, 1.82) is 0 Å². The van der Waals surface area contributed by atoms with Crippen LogP contribution in [0.4, 0.5) is 5.82 Å². The van der Waals surface area contributed by atoms with Gasteiger partial charge in [0.05, 0.1) is 6.54 Å². The van der Waals surface area contributed by atoms with E-state index in [1.165, 1.54) is 14.1 Å². The van der Waals surface area contributed by atoms with Crippen LogP contribution in [-0.4, -0.2) is 33.4 Å². The van der Waals surface area contributed by atoms with Crippen LogP contribution >= 0.6 is 0 Å². The first-order valence-corrected chi connectivity index (χ1v) is 8.00. The molecule has 0 aliphatic heterocycles. The molecule has 25 heavy (non-hydrogen) atoms. The van der Waals surface area contributed by atoms with Crippen LogP contribution in [0.5, 0.6) is 0 Å². The number of hydrogen-bond donors (Lipinski definition) is 1. The average Bonchev–Trinajstić information content (AvgIpc) is 2.58. The molecule has 1 aromatic heterocycles. The summed E-state index contributed by atoms with van der Waals surface area (Å²) in [6.07, 6.45) is 0. The fraction of sp³-hybridized carbons (Fsp3) is 0.389. The molecule has 2 N–H and O–H groups in total. The number of carbonyl (C=O) groups is 1. The highest BCUT2D eigenvalue weighted by atomic mass is 16.2. The molecule has 2 aromatic rings. The van der Waals surface area contributed by atoms with E-state index in [4.69, 9.17) is 5.73 Å².